The third-order valence-electron chi connectivity index (χ3n) is 2.66. The Morgan fingerprint density at radius 2 is 2.06 bits per heavy atom. The van der Waals surface area contributed by atoms with Gasteiger partial charge in [0.1, 0.15) is 0 Å². The number of sulfone groups is 1. The van der Waals surface area contributed by atoms with Gasteiger partial charge in [-0.15, -0.1) is 0 Å². The summed E-state index contributed by atoms with van der Waals surface area (Å²) in [6.45, 7) is 0.680. The lowest BCUT2D eigenvalue weighted by Gasteiger charge is -2.26. The number of rotatable bonds is 2. The standard InChI is InChI=1S/C10H13N3O4S/c1-17-9(14)8-2-3-11-10(12-8)13-4-6-18(15,16)7-5-13/h2-3H,4-7H2,1H3. The molecule has 1 fully saturated rings. The molecule has 0 atom stereocenters. The maximum Gasteiger partial charge on any atom is 0.356 e. The minimum atomic E-state index is -2.94. The molecule has 0 amide bonds. The fraction of sp³-hybridized carbons (Fsp3) is 0.500. The summed E-state index contributed by atoms with van der Waals surface area (Å²) < 4.78 is 27.2. The molecule has 2 rings (SSSR count). The van der Waals surface area contributed by atoms with E-state index in [1.54, 1.807) is 4.90 Å². The molecule has 1 aromatic rings. The first-order chi connectivity index (χ1) is 8.52. The largest absolute Gasteiger partial charge is 0.464 e. The second kappa shape index (κ2) is 4.89. The summed E-state index contributed by atoms with van der Waals surface area (Å²) >= 11 is 0. The highest BCUT2D eigenvalue weighted by atomic mass is 32.2. The zero-order valence-corrected chi connectivity index (χ0v) is 10.7. The van der Waals surface area contributed by atoms with Gasteiger partial charge in [0, 0.05) is 19.3 Å². The van der Waals surface area contributed by atoms with Gasteiger partial charge in [-0.3, -0.25) is 0 Å². The Labute approximate surface area is 105 Å². The Hall–Kier alpha value is -1.70. The van der Waals surface area contributed by atoms with Gasteiger partial charge in [-0.25, -0.2) is 23.2 Å². The molecule has 1 aliphatic rings. The molecule has 1 saturated heterocycles. The molecular weight excluding hydrogens is 258 g/mol. The van der Waals surface area contributed by atoms with Gasteiger partial charge < -0.3 is 9.64 Å². The van der Waals surface area contributed by atoms with E-state index in [9.17, 15) is 13.2 Å². The number of ether oxygens (including phenoxy) is 1. The number of hydrogen-bond acceptors (Lipinski definition) is 7. The van der Waals surface area contributed by atoms with Crippen LogP contribution < -0.4 is 4.90 Å². The van der Waals surface area contributed by atoms with Gasteiger partial charge in [-0.1, -0.05) is 0 Å². The van der Waals surface area contributed by atoms with E-state index < -0.39 is 15.8 Å². The molecule has 18 heavy (non-hydrogen) atoms. The van der Waals surface area contributed by atoms with E-state index in [2.05, 4.69) is 14.7 Å². The Morgan fingerprint density at radius 1 is 1.39 bits per heavy atom. The van der Waals surface area contributed by atoms with Gasteiger partial charge in [0.15, 0.2) is 15.5 Å². The molecule has 1 aliphatic heterocycles. The normalized spacial score (nSPS) is 18.4. The van der Waals surface area contributed by atoms with Crippen molar-refractivity contribution in [3.8, 4) is 0 Å². The van der Waals surface area contributed by atoms with Crippen molar-refractivity contribution in [3.63, 3.8) is 0 Å². The summed E-state index contributed by atoms with van der Waals surface area (Å²) in [5, 5.41) is 0. The molecule has 0 unspecified atom stereocenters. The summed E-state index contributed by atoms with van der Waals surface area (Å²) in [5.74, 6) is -0.0199. The van der Waals surface area contributed by atoms with Crippen molar-refractivity contribution in [1.82, 2.24) is 9.97 Å². The van der Waals surface area contributed by atoms with Crippen LogP contribution in [0.5, 0.6) is 0 Å². The van der Waals surface area contributed by atoms with Gasteiger partial charge in [0.05, 0.1) is 18.6 Å². The Bertz CT molecular complexity index is 544. The maximum atomic E-state index is 11.3. The fourth-order valence-corrected chi connectivity index (χ4v) is 2.83. The van der Waals surface area contributed by atoms with Crippen molar-refractivity contribution >= 4 is 21.8 Å². The molecule has 0 spiro atoms. The first kappa shape index (κ1) is 12.7. The summed E-state index contributed by atoms with van der Waals surface area (Å²) in [5.41, 5.74) is 0.163. The highest BCUT2D eigenvalue weighted by Crippen LogP contribution is 2.12. The molecule has 0 bridgehead atoms. The minimum absolute atomic E-state index is 0.0822. The number of aromatic nitrogens is 2. The van der Waals surface area contributed by atoms with E-state index in [1.165, 1.54) is 19.4 Å². The molecular formula is C10H13N3O4S. The van der Waals surface area contributed by atoms with Crippen molar-refractivity contribution in [2.45, 2.75) is 0 Å². The molecule has 0 radical (unpaired) electrons. The smallest absolute Gasteiger partial charge is 0.356 e. The van der Waals surface area contributed by atoms with Crippen molar-refractivity contribution in [3.05, 3.63) is 18.0 Å². The zero-order chi connectivity index (χ0) is 13.2. The summed E-state index contributed by atoms with van der Waals surface area (Å²) in [7, 11) is -1.67. The van der Waals surface area contributed by atoms with Gasteiger partial charge in [0.2, 0.25) is 5.95 Å². The zero-order valence-electron chi connectivity index (χ0n) is 9.87. The van der Waals surface area contributed by atoms with Crippen molar-refractivity contribution in [2.75, 3.05) is 36.6 Å². The van der Waals surface area contributed by atoms with Gasteiger partial charge in [-0.2, -0.15) is 0 Å². The second-order valence-corrected chi connectivity index (χ2v) is 6.18. The van der Waals surface area contributed by atoms with E-state index in [0.29, 0.717) is 19.0 Å². The van der Waals surface area contributed by atoms with Crippen molar-refractivity contribution in [1.29, 1.82) is 0 Å². The predicted octanol–water partition coefficient (Wildman–Crippen LogP) is -0.502. The van der Waals surface area contributed by atoms with E-state index >= 15 is 0 Å². The topological polar surface area (TPSA) is 89.5 Å². The molecule has 1 aromatic heterocycles. The Kier molecular flexibility index (Phi) is 3.46. The first-order valence-electron chi connectivity index (χ1n) is 5.38. The van der Waals surface area contributed by atoms with Crippen molar-refractivity contribution < 1.29 is 17.9 Å². The fourth-order valence-electron chi connectivity index (χ4n) is 1.63. The molecule has 0 N–H and O–H groups in total. The lowest BCUT2D eigenvalue weighted by atomic mass is 10.4. The Morgan fingerprint density at radius 3 is 2.67 bits per heavy atom. The van der Waals surface area contributed by atoms with Gasteiger partial charge in [-0.05, 0) is 6.07 Å². The SMILES string of the molecule is COC(=O)c1ccnc(N2CCS(=O)(=O)CC2)n1. The molecule has 8 heteroatoms. The number of esters is 1. The van der Waals surface area contributed by atoms with Crippen LogP contribution in [0.15, 0.2) is 12.3 Å². The summed E-state index contributed by atoms with van der Waals surface area (Å²) in [4.78, 5) is 21.2. The average molecular weight is 271 g/mol. The summed E-state index contributed by atoms with van der Waals surface area (Å²) in [6, 6.07) is 1.45. The third kappa shape index (κ3) is 2.76. The van der Waals surface area contributed by atoms with Gasteiger partial charge in [0.25, 0.3) is 0 Å². The van der Waals surface area contributed by atoms with Crippen LogP contribution in [-0.4, -0.2) is 56.1 Å². The molecule has 7 nitrogen and oxygen atoms in total. The number of hydrogen-bond donors (Lipinski definition) is 0. The number of anilines is 1. The second-order valence-electron chi connectivity index (χ2n) is 3.87. The number of carbonyl (C=O) groups excluding carboxylic acids is 1. The quantitative estimate of drug-likeness (QED) is 0.670. The molecule has 0 aromatic carbocycles. The number of carbonyl (C=O) groups is 1. The third-order valence-corrected chi connectivity index (χ3v) is 4.27. The van der Waals surface area contributed by atoms with Crippen LogP contribution >= 0.6 is 0 Å². The van der Waals surface area contributed by atoms with E-state index in [4.69, 9.17) is 0 Å². The predicted molar refractivity (Wildman–Crippen MR) is 64.2 cm³/mol. The van der Waals surface area contributed by atoms with Crippen LogP contribution in [-0.2, 0) is 14.6 Å². The maximum absolute atomic E-state index is 11.3. The van der Waals surface area contributed by atoms with Crippen LogP contribution in [0, 0.1) is 0 Å². The Balaban J connectivity index is 2.17. The van der Waals surface area contributed by atoms with Crippen LogP contribution in [0.3, 0.4) is 0 Å². The lowest BCUT2D eigenvalue weighted by Crippen LogP contribution is -2.41. The number of methoxy groups -OCH3 is 1. The van der Waals surface area contributed by atoms with Crippen LogP contribution in [0.1, 0.15) is 10.5 Å². The van der Waals surface area contributed by atoms with Crippen LogP contribution in [0.25, 0.3) is 0 Å². The minimum Gasteiger partial charge on any atom is -0.464 e. The van der Waals surface area contributed by atoms with Crippen LogP contribution in [0.4, 0.5) is 5.95 Å². The first-order valence-corrected chi connectivity index (χ1v) is 7.21. The highest BCUT2D eigenvalue weighted by molar-refractivity contribution is 7.91. The monoisotopic (exact) mass is 271 g/mol. The van der Waals surface area contributed by atoms with E-state index in [1.807, 2.05) is 0 Å². The highest BCUT2D eigenvalue weighted by Gasteiger charge is 2.23. The molecule has 2 heterocycles. The lowest BCUT2D eigenvalue weighted by molar-refractivity contribution is 0.0594. The van der Waals surface area contributed by atoms with Crippen LogP contribution in [0.2, 0.25) is 0 Å². The van der Waals surface area contributed by atoms with Crippen molar-refractivity contribution in [2.24, 2.45) is 0 Å². The molecule has 98 valence electrons. The van der Waals surface area contributed by atoms with Gasteiger partial charge >= 0.3 is 5.97 Å². The summed E-state index contributed by atoms with van der Waals surface area (Å²) in [6.07, 6.45) is 1.46. The molecule has 0 aliphatic carbocycles. The average Bonchev–Trinajstić information content (AvgIpc) is 2.38. The van der Waals surface area contributed by atoms with E-state index in [0.717, 1.165) is 0 Å². The number of nitrogens with zero attached hydrogens (tertiary/aromatic N) is 3. The van der Waals surface area contributed by atoms with E-state index in [-0.39, 0.29) is 17.2 Å². The molecule has 0 saturated carbocycles.